The minimum atomic E-state index is -3.61. The highest BCUT2D eigenvalue weighted by molar-refractivity contribution is 7.89. The molecule has 10 nitrogen and oxygen atoms in total. The standard InChI is InChI=1S/C31H44N6O4S2/c1-4-35(5-2)16-17-36-18-20-37(21-19-36)43(39,40)25-12-10-24(11-13-25)26(22-23-8-6-7-9-23)29(38)34-31-32-27-14-15-28(41-3)33-30(27)42-31/h10-15,23,26H,4-9,16-22H2,1-3H3,(H,32,34,38). The smallest absolute Gasteiger partial charge is 0.243 e. The van der Waals surface area contributed by atoms with Gasteiger partial charge in [0.05, 0.1) is 17.9 Å². The number of pyridine rings is 1. The second-order valence-corrected chi connectivity index (χ2v) is 14.4. The topological polar surface area (TPSA) is 108 Å². The van der Waals surface area contributed by atoms with Gasteiger partial charge in [0, 0.05) is 45.3 Å². The monoisotopic (exact) mass is 628 g/mol. The highest BCUT2D eigenvalue weighted by Gasteiger charge is 2.31. The molecule has 1 aliphatic heterocycles. The summed E-state index contributed by atoms with van der Waals surface area (Å²) >= 11 is 1.31. The number of rotatable bonds is 13. The van der Waals surface area contributed by atoms with E-state index in [0.717, 1.165) is 64.1 Å². The van der Waals surface area contributed by atoms with E-state index in [0.29, 0.717) is 40.4 Å². The van der Waals surface area contributed by atoms with Crippen LogP contribution in [0, 0.1) is 5.92 Å². The van der Waals surface area contributed by atoms with Crippen LogP contribution in [0.3, 0.4) is 0 Å². The Bertz CT molecular complexity index is 1460. The molecular formula is C31H44N6O4S2. The van der Waals surface area contributed by atoms with E-state index in [2.05, 4.69) is 38.9 Å². The summed E-state index contributed by atoms with van der Waals surface area (Å²) in [6.45, 7) is 10.8. The van der Waals surface area contributed by atoms with Gasteiger partial charge in [-0.3, -0.25) is 9.69 Å². The number of carbonyl (C=O) groups is 1. The highest BCUT2D eigenvalue weighted by Crippen LogP contribution is 2.36. The molecule has 12 heteroatoms. The van der Waals surface area contributed by atoms with Crippen LogP contribution in [0.1, 0.15) is 57.4 Å². The predicted molar refractivity (Wildman–Crippen MR) is 171 cm³/mol. The molecule has 2 aromatic heterocycles. The van der Waals surface area contributed by atoms with Gasteiger partial charge in [0.25, 0.3) is 0 Å². The number of likely N-dealkylation sites (N-methyl/N-ethyl adjacent to an activating group) is 1. The lowest BCUT2D eigenvalue weighted by molar-refractivity contribution is -0.118. The molecule has 234 valence electrons. The van der Waals surface area contributed by atoms with Crippen LogP contribution in [-0.2, 0) is 14.8 Å². The van der Waals surface area contributed by atoms with E-state index in [1.54, 1.807) is 29.6 Å². The lowest BCUT2D eigenvalue weighted by atomic mass is 9.87. The number of ether oxygens (including phenoxy) is 1. The maximum Gasteiger partial charge on any atom is 0.243 e. The van der Waals surface area contributed by atoms with Crippen molar-refractivity contribution >= 4 is 42.7 Å². The van der Waals surface area contributed by atoms with E-state index in [9.17, 15) is 13.2 Å². The summed E-state index contributed by atoms with van der Waals surface area (Å²) in [5.41, 5.74) is 1.53. The fraction of sp³-hybridized carbons (Fsp3) is 0.581. The van der Waals surface area contributed by atoms with Crippen molar-refractivity contribution in [2.45, 2.75) is 56.8 Å². The van der Waals surface area contributed by atoms with Gasteiger partial charge in [0.1, 0.15) is 10.3 Å². The maximum atomic E-state index is 13.7. The zero-order chi connectivity index (χ0) is 30.4. The highest BCUT2D eigenvalue weighted by atomic mass is 32.2. The number of nitrogens with zero attached hydrogens (tertiary/aromatic N) is 5. The third-order valence-electron chi connectivity index (χ3n) is 8.91. The lowest BCUT2D eigenvalue weighted by Gasteiger charge is -2.35. The van der Waals surface area contributed by atoms with Gasteiger partial charge in [-0.05, 0) is 49.2 Å². The number of benzene rings is 1. The molecular weight excluding hydrogens is 585 g/mol. The van der Waals surface area contributed by atoms with Crippen molar-refractivity contribution < 1.29 is 17.9 Å². The Morgan fingerprint density at radius 1 is 1.05 bits per heavy atom. The number of sulfonamides is 1. The second kappa shape index (κ2) is 14.4. The van der Waals surface area contributed by atoms with Gasteiger partial charge in [-0.25, -0.2) is 18.4 Å². The molecule has 1 aromatic carbocycles. The van der Waals surface area contributed by atoms with E-state index in [4.69, 9.17) is 4.74 Å². The number of amides is 1. The average molecular weight is 629 g/mol. The maximum absolute atomic E-state index is 13.7. The van der Waals surface area contributed by atoms with Crippen molar-refractivity contribution in [2.24, 2.45) is 5.92 Å². The number of anilines is 1. The second-order valence-electron chi connectivity index (χ2n) is 11.5. The number of thiazole rings is 1. The van der Waals surface area contributed by atoms with Gasteiger partial charge in [-0.15, -0.1) is 0 Å². The quantitative estimate of drug-likeness (QED) is 0.292. The molecule has 1 amide bonds. The molecule has 5 rings (SSSR count). The molecule has 1 saturated carbocycles. The van der Waals surface area contributed by atoms with Crippen LogP contribution in [-0.4, -0.2) is 97.9 Å². The van der Waals surface area contributed by atoms with Crippen LogP contribution in [0.2, 0.25) is 0 Å². The van der Waals surface area contributed by atoms with Crippen molar-refractivity contribution in [1.29, 1.82) is 0 Å². The van der Waals surface area contributed by atoms with Crippen LogP contribution in [0.5, 0.6) is 5.88 Å². The summed E-state index contributed by atoms with van der Waals surface area (Å²) in [5, 5.41) is 3.51. The summed E-state index contributed by atoms with van der Waals surface area (Å²) in [6, 6.07) is 10.5. The number of aromatic nitrogens is 2. The number of carbonyl (C=O) groups excluding carboxylic acids is 1. The van der Waals surface area contributed by atoms with E-state index >= 15 is 0 Å². The number of fused-ring (bicyclic) bond motifs is 1. The number of piperazine rings is 1. The Morgan fingerprint density at radius 2 is 1.74 bits per heavy atom. The third kappa shape index (κ3) is 7.72. The number of hydrogen-bond acceptors (Lipinski definition) is 9. The Balaban J connectivity index is 1.26. The summed E-state index contributed by atoms with van der Waals surface area (Å²) in [4.78, 5) is 28.3. The van der Waals surface area contributed by atoms with E-state index in [-0.39, 0.29) is 10.8 Å². The molecule has 1 unspecified atom stereocenters. The van der Waals surface area contributed by atoms with Gasteiger partial charge >= 0.3 is 0 Å². The fourth-order valence-corrected chi connectivity index (χ4v) is 8.43. The Labute approximate surface area is 259 Å². The molecule has 2 fully saturated rings. The number of hydrogen-bond donors (Lipinski definition) is 1. The van der Waals surface area contributed by atoms with Crippen LogP contribution in [0.15, 0.2) is 41.3 Å². The molecule has 43 heavy (non-hydrogen) atoms. The summed E-state index contributed by atoms with van der Waals surface area (Å²) in [6.07, 6.45) is 5.32. The SMILES string of the molecule is CCN(CC)CCN1CCN(S(=O)(=O)c2ccc(C(CC3CCCC3)C(=O)Nc3nc4ccc(OC)nc4s3)cc2)CC1. The number of methoxy groups -OCH3 is 1. The van der Waals surface area contributed by atoms with Crippen LogP contribution < -0.4 is 10.1 Å². The van der Waals surface area contributed by atoms with Gasteiger partial charge in [-0.1, -0.05) is 63.0 Å². The first-order chi connectivity index (χ1) is 20.8. The zero-order valence-corrected chi connectivity index (χ0v) is 27.1. The van der Waals surface area contributed by atoms with Crippen molar-refractivity contribution in [3.05, 3.63) is 42.0 Å². The van der Waals surface area contributed by atoms with Gasteiger partial charge < -0.3 is 15.0 Å². The molecule has 2 aliphatic rings. The molecule has 0 radical (unpaired) electrons. The lowest BCUT2D eigenvalue weighted by Crippen LogP contribution is -2.50. The zero-order valence-electron chi connectivity index (χ0n) is 25.5. The molecule has 3 heterocycles. The Kier molecular flexibility index (Phi) is 10.7. The molecule has 0 spiro atoms. The van der Waals surface area contributed by atoms with Crippen LogP contribution in [0.4, 0.5) is 5.13 Å². The van der Waals surface area contributed by atoms with Gasteiger partial charge in [0.15, 0.2) is 5.13 Å². The van der Waals surface area contributed by atoms with Crippen LogP contribution in [0.25, 0.3) is 10.3 Å². The van der Waals surface area contributed by atoms with Gasteiger partial charge in [0.2, 0.25) is 21.8 Å². The van der Waals surface area contributed by atoms with Gasteiger partial charge in [-0.2, -0.15) is 4.31 Å². The average Bonchev–Trinajstić information content (AvgIpc) is 3.69. The Morgan fingerprint density at radius 3 is 2.40 bits per heavy atom. The molecule has 1 saturated heterocycles. The molecule has 0 bridgehead atoms. The third-order valence-corrected chi connectivity index (χ3v) is 11.7. The number of nitrogens with one attached hydrogen (secondary N) is 1. The fourth-order valence-electron chi connectivity index (χ4n) is 6.17. The molecule has 1 atom stereocenters. The summed E-state index contributed by atoms with van der Waals surface area (Å²) in [5.74, 6) is 0.442. The van der Waals surface area contributed by atoms with E-state index < -0.39 is 15.9 Å². The summed E-state index contributed by atoms with van der Waals surface area (Å²) in [7, 11) is -2.04. The van der Waals surface area contributed by atoms with E-state index in [1.165, 1.54) is 24.2 Å². The normalized spacial score (nSPS) is 18.0. The van der Waals surface area contributed by atoms with Crippen molar-refractivity contribution in [3.8, 4) is 5.88 Å². The first-order valence-electron chi connectivity index (χ1n) is 15.5. The first-order valence-corrected chi connectivity index (χ1v) is 17.7. The van der Waals surface area contributed by atoms with E-state index in [1.807, 2.05) is 18.2 Å². The predicted octanol–water partition coefficient (Wildman–Crippen LogP) is 4.65. The molecule has 1 aliphatic carbocycles. The minimum absolute atomic E-state index is 0.130. The first kappa shape index (κ1) is 31.8. The molecule has 3 aromatic rings. The van der Waals surface area contributed by atoms with Crippen molar-refractivity contribution in [2.75, 3.05) is 64.8 Å². The van der Waals surface area contributed by atoms with Crippen LogP contribution >= 0.6 is 11.3 Å². The minimum Gasteiger partial charge on any atom is -0.481 e. The van der Waals surface area contributed by atoms with Crippen molar-refractivity contribution in [1.82, 2.24) is 24.1 Å². The molecule has 1 N–H and O–H groups in total. The summed E-state index contributed by atoms with van der Waals surface area (Å²) < 4.78 is 33.8. The van der Waals surface area contributed by atoms with Crippen molar-refractivity contribution in [3.63, 3.8) is 0 Å². The largest absolute Gasteiger partial charge is 0.481 e. The Hall–Kier alpha value is -2.64.